The molecule has 0 saturated carbocycles. The van der Waals surface area contributed by atoms with Gasteiger partial charge in [-0.05, 0) is 182 Å². The van der Waals surface area contributed by atoms with Crippen LogP contribution < -0.4 is 27.4 Å². The number of hydrogen-bond acceptors (Lipinski definition) is 0. The smallest absolute Gasteiger partial charge is 0.201 e. The van der Waals surface area contributed by atoms with Crippen LogP contribution in [0.15, 0.2) is 243 Å². The van der Waals surface area contributed by atoms with Gasteiger partial charge in [0.15, 0.2) is 35.6 Å². The summed E-state index contributed by atoms with van der Waals surface area (Å²) in [4.78, 5) is 0. The fraction of sp³-hybridized carbons (Fsp3) is 0.233. The van der Waals surface area contributed by atoms with Crippen molar-refractivity contribution in [2.45, 2.75) is 96.8 Å². The van der Waals surface area contributed by atoms with Gasteiger partial charge in [0.2, 0.25) is 34.2 Å². The Kier molecular flexibility index (Phi) is 18.9. The number of aromatic nitrogens is 6. The minimum Gasteiger partial charge on any atom is -0.201 e. The maximum absolute atomic E-state index is 8.13. The summed E-state index contributed by atoms with van der Waals surface area (Å²) in [5.74, 6) is 0. The second kappa shape index (κ2) is 32.8. The van der Waals surface area contributed by atoms with Crippen LogP contribution in [0, 0.1) is 96.8 Å². The van der Waals surface area contributed by atoms with Gasteiger partial charge in [0, 0.05) is 133 Å². The van der Waals surface area contributed by atoms with Crippen LogP contribution in [0.5, 0.6) is 0 Å². The lowest BCUT2D eigenvalue weighted by Crippen LogP contribution is -2.35. The molecule has 12 aromatic rings. The Bertz CT molecular complexity index is 4840. The molecular weight excluding hydrogens is 1120 g/mol. The number of hydrogen-bond donors (Lipinski definition) is 0. The Balaban J connectivity index is 0.000000177. The maximum Gasteiger partial charge on any atom is 0.215 e. The molecular formula is C86H100N6+6. The molecule has 12 rings (SSSR count). The van der Waals surface area contributed by atoms with Crippen molar-refractivity contribution in [3.05, 3.63) is 321 Å². The quantitative estimate of drug-likeness (QED) is 0.148. The van der Waals surface area contributed by atoms with Gasteiger partial charge in [-0.2, -0.15) is 13.7 Å². The molecule has 0 saturated heterocycles. The van der Waals surface area contributed by atoms with Crippen LogP contribution in [0.25, 0.3) is 67.5 Å². The van der Waals surface area contributed by atoms with Crippen LogP contribution in [-0.4, -0.2) is 0 Å². The van der Waals surface area contributed by atoms with E-state index in [9.17, 15) is 0 Å². The van der Waals surface area contributed by atoms with Gasteiger partial charge in [-0.3, -0.25) is 0 Å². The molecule has 0 bridgehead atoms. The molecule has 0 spiro atoms. The second-order valence-electron chi connectivity index (χ2n) is 23.5. The number of rotatable bonds is 6. The molecule has 92 heavy (non-hydrogen) atoms. The molecule has 0 radical (unpaired) electrons. The highest BCUT2D eigenvalue weighted by Gasteiger charge is 2.19. The van der Waals surface area contributed by atoms with Crippen LogP contribution in [0.1, 0.15) is 96.1 Å². The van der Waals surface area contributed by atoms with Gasteiger partial charge < -0.3 is 0 Å². The minimum absolute atomic E-state index is 0.107. The van der Waals surface area contributed by atoms with Crippen LogP contribution in [-0.2, 0) is 42.3 Å². The van der Waals surface area contributed by atoms with Gasteiger partial charge in [-0.15, -0.1) is 0 Å². The highest BCUT2D eigenvalue weighted by atomic mass is 15.0. The first-order valence-corrected chi connectivity index (χ1v) is 31.0. The Morgan fingerprint density at radius 2 is 0.696 bits per heavy atom. The highest BCUT2D eigenvalue weighted by Crippen LogP contribution is 2.26. The third-order valence-electron chi connectivity index (χ3n) is 16.9. The van der Waals surface area contributed by atoms with Crippen molar-refractivity contribution in [3.63, 3.8) is 0 Å². The highest BCUT2D eigenvalue weighted by molar-refractivity contribution is 5.66. The molecule has 6 nitrogen and oxygen atoms in total. The van der Waals surface area contributed by atoms with Crippen LogP contribution in [0.4, 0.5) is 0 Å². The summed E-state index contributed by atoms with van der Waals surface area (Å²) < 4.78 is 112. The van der Waals surface area contributed by atoms with E-state index in [0.717, 1.165) is 33.9 Å². The first-order chi connectivity index (χ1) is 49.3. The van der Waals surface area contributed by atoms with Crippen LogP contribution >= 0.6 is 0 Å². The number of aryl methyl sites for hydroxylation is 12. The van der Waals surface area contributed by atoms with Crippen LogP contribution in [0.3, 0.4) is 0 Å². The molecule has 6 heteroatoms. The molecule has 0 aliphatic rings. The van der Waals surface area contributed by atoms with E-state index in [-0.39, 0.29) is 48.0 Å². The topological polar surface area (TPSA) is 23.3 Å². The molecule has 6 aromatic heterocycles. The van der Waals surface area contributed by atoms with Gasteiger partial charge in [-0.1, -0.05) is 109 Å². The van der Waals surface area contributed by atoms with Crippen molar-refractivity contribution >= 4 is 0 Å². The molecule has 0 aliphatic carbocycles. The van der Waals surface area contributed by atoms with Crippen molar-refractivity contribution in [2.75, 3.05) is 0 Å². The fourth-order valence-electron chi connectivity index (χ4n) is 10.9. The largest absolute Gasteiger partial charge is 0.215 e. The lowest BCUT2D eigenvalue weighted by Gasteiger charge is -2.07. The van der Waals surface area contributed by atoms with Gasteiger partial charge >= 0.3 is 0 Å². The minimum atomic E-state index is -2.06. The molecule has 0 amide bonds. The summed E-state index contributed by atoms with van der Waals surface area (Å²) in [7, 11) is 11.7. The second-order valence-corrected chi connectivity index (χ2v) is 23.5. The normalized spacial score (nSPS) is 12.7. The standard InChI is InChI=1S/2C15H18N.4C14H16N/c2*1-11-9-10-15(16(4)13(11)3)14-8-6-5-7-12(14)2;2*1-11-7-4-5-9-13(11)14-12(2)8-6-10-15(14)3;1-11-7-4-5-9-13(11)14-10-6-8-12(2)15(14)3;1-11-8-9-15(3)14(10-11)13-7-5-4-6-12(13)2/h2*5-10H,1-4H3;4*4-10H,1-3H3/q6*+1/i2*1D3;4D,5D,6D,7D,8D,9D,10D;;;. The molecule has 6 heterocycles. The predicted octanol–water partition coefficient (Wildman–Crippen LogP) is 17.4. The van der Waals surface area contributed by atoms with E-state index >= 15 is 0 Å². The summed E-state index contributed by atoms with van der Waals surface area (Å²) in [5.41, 5.74) is 26.1. The third kappa shape index (κ3) is 17.6. The predicted molar refractivity (Wildman–Crippen MR) is 385 cm³/mol. The van der Waals surface area contributed by atoms with E-state index in [1.807, 2.05) is 73.5 Å². The lowest BCUT2D eigenvalue weighted by molar-refractivity contribution is -0.667. The lowest BCUT2D eigenvalue weighted by atomic mass is 10.0. The Labute approximate surface area is 570 Å². The zero-order chi connectivity index (χ0) is 77.9. The Hall–Kier alpha value is -9.78. The van der Waals surface area contributed by atoms with Gasteiger partial charge in [0.25, 0.3) is 0 Å². The third-order valence-corrected chi connectivity index (χ3v) is 16.9. The van der Waals surface area contributed by atoms with Crippen molar-refractivity contribution in [1.29, 1.82) is 0 Å². The first-order valence-electron chi connectivity index (χ1n) is 37.5. The molecule has 0 fully saturated rings. The summed E-state index contributed by atoms with van der Waals surface area (Å²) in [6.45, 7) is 19.8. The molecule has 0 aliphatic heterocycles. The average molecular weight is 1230 g/mol. The Morgan fingerprint density at radius 3 is 1.16 bits per heavy atom. The number of nitrogens with zero attached hydrogens (tertiary/aromatic N) is 6. The Morgan fingerprint density at radius 1 is 0.283 bits per heavy atom. The van der Waals surface area contributed by atoms with E-state index in [1.165, 1.54) is 83.0 Å². The molecule has 6 aromatic carbocycles. The van der Waals surface area contributed by atoms with Crippen LogP contribution in [0.2, 0.25) is 0 Å². The van der Waals surface area contributed by atoms with Gasteiger partial charge in [0.05, 0.1) is 8.22 Å². The first kappa shape index (κ1) is 52.9. The van der Waals surface area contributed by atoms with Crippen molar-refractivity contribution < 1.29 is 45.2 Å². The zero-order valence-electron chi connectivity index (χ0n) is 70.2. The molecule has 468 valence electrons. The molecule has 0 unspecified atom stereocenters. The number of benzene rings is 6. The number of pyridine rings is 6. The monoisotopic (exact) mass is 1230 g/mol. The van der Waals surface area contributed by atoms with Crippen molar-refractivity contribution in [3.8, 4) is 67.5 Å². The van der Waals surface area contributed by atoms with Crippen molar-refractivity contribution in [1.82, 2.24) is 0 Å². The maximum atomic E-state index is 8.13. The molecule has 0 N–H and O–H groups in total. The summed E-state index contributed by atoms with van der Waals surface area (Å²) in [6, 6.07) is 62.6. The zero-order valence-corrected chi connectivity index (χ0v) is 57.2. The van der Waals surface area contributed by atoms with E-state index in [2.05, 4.69) is 242 Å². The fourth-order valence-corrected chi connectivity index (χ4v) is 10.9. The van der Waals surface area contributed by atoms with Crippen molar-refractivity contribution in [2.24, 2.45) is 42.3 Å². The van der Waals surface area contributed by atoms with Gasteiger partial charge in [0.1, 0.15) is 43.7 Å². The van der Waals surface area contributed by atoms with E-state index in [0.29, 0.717) is 27.9 Å². The summed E-state index contributed by atoms with van der Waals surface area (Å²) in [6.07, 6.45) is 4.03. The molecule has 0 atom stereocenters. The van der Waals surface area contributed by atoms with E-state index in [1.54, 1.807) is 33.0 Å². The summed E-state index contributed by atoms with van der Waals surface area (Å²) >= 11 is 0. The van der Waals surface area contributed by atoms with E-state index < -0.39 is 13.7 Å². The van der Waals surface area contributed by atoms with E-state index in [4.69, 9.17) is 17.8 Å². The summed E-state index contributed by atoms with van der Waals surface area (Å²) in [5, 5.41) is 0. The average Bonchev–Trinajstić information content (AvgIpc) is 0.746. The SMILES string of the molecule is Cc1cc[n+](C)c(-c2ccccc2C)c1.Cc1ccccc1-c1c(C)ccc[n+]1C.Cc1ccccc1-c1cccc(C)[n+]1C.[2H]C([2H])([2H])c1ccc(-c2ccccc2C)[n+](C)c1C.[2H]C([2H])([2H])c1ccc(-c2ccccc2C)[n+](C)c1C.[2H]c1c([2H])c([2H])c(-c2c(C)c([2H])c([2H])c([2H])[n+]2C)c(C)c1[2H]. The van der Waals surface area contributed by atoms with Gasteiger partial charge in [-0.25, -0.2) is 13.7 Å².